The lowest BCUT2D eigenvalue weighted by atomic mass is 9.96. The number of hydrazine groups is 1. The maximum atomic E-state index is 12.7. The fourth-order valence-corrected chi connectivity index (χ4v) is 4.51. The van der Waals surface area contributed by atoms with Crippen molar-refractivity contribution in [1.82, 2.24) is 9.29 Å². The van der Waals surface area contributed by atoms with Crippen LogP contribution in [0.15, 0.2) is 21.6 Å². The molecule has 3 N–H and O–H groups in total. The summed E-state index contributed by atoms with van der Waals surface area (Å²) >= 11 is 3.25. The van der Waals surface area contributed by atoms with Crippen LogP contribution >= 0.6 is 15.9 Å². The van der Waals surface area contributed by atoms with E-state index in [1.165, 1.54) is 16.6 Å². The maximum absolute atomic E-state index is 12.7. The smallest absolute Gasteiger partial charge is 0.246 e. The zero-order valence-electron chi connectivity index (χ0n) is 11.3. The van der Waals surface area contributed by atoms with Crippen molar-refractivity contribution in [3.05, 3.63) is 16.7 Å². The average molecular weight is 363 g/mol. The van der Waals surface area contributed by atoms with Crippen molar-refractivity contribution >= 4 is 31.8 Å². The van der Waals surface area contributed by atoms with Crippen LogP contribution in [0.25, 0.3) is 0 Å². The predicted molar refractivity (Wildman–Crippen MR) is 81.5 cm³/mol. The van der Waals surface area contributed by atoms with E-state index < -0.39 is 10.0 Å². The lowest BCUT2D eigenvalue weighted by Gasteiger charge is -2.31. The summed E-state index contributed by atoms with van der Waals surface area (Å²) < 4.78 is 27.5. The number of anilines is 1. The van der Waals surface area contributed by atoms with Gasteiger partial charge in [-0.3, -0.25) is 0 Å². The van der Waals surface area contributed by atoms with Crippen LogP contribution in [0.2, 0.25) is 0 Å². The number of nitrogens with zero attached hydrogens (tertiary/aromatic N) is 2. The topological polar surface area (TPSA) is 88.3 Å². The summed E-state index contributed by atoms with van der Waals surface area (Å²) in [5, 5.41) is 0. The highest BCUT2D eigenvalue weighted by atomic mass is 79.9. The summed E-state index contributed by atoms with van der Waals surface area (Å²) in [4.78, 5) is 4.12. The first-order valence-electron chi connectivity index (χ1n) is 6.61. The summed E-state index contributed by atoms with van der Waals surface area (Å²) in [7, 11) is -3.56. The van der Waals surface area contributed by atoms with Gasteiger partial charge in [0, 0.05) is 23.8 Å². The Morgan fingerprint density at radius 1 is 1.50 bits per heavy atom. The van der Waals surface area contributed by atoms with E-state index in [4.69, 9.17) is 5.84 Å². The summed E-state index contributed by atoms with van der Waals surface area (Å²) in [6.07, 6.45) is 4.42. The number of pyridine rings is 1. The Bertz CT molecular complexity index is 571. The summed E-state index contributed by atoms with van der Waals surface area (Å²) in [5.41, 5.74) is 2.35. The van der Waals surface area contributed by atoms with Crippen LogP contribution in [0, 0.1) is 5.92 Å². The molecule has 1 aromatic heterocycles. The first-order valence-corrected chi connectivity index (χ1v) is 8.84. The van der Waals surface area contributed by atoms with Gasteiger partial charge in [-0.05, 0) is 40.8 Å². The van der Waals surface area contributed by atoms with E-state index in [-0.39, 0.29) is 10.7 Å². The molecule has 1 fully saturated rings. The number of nitrogens with one attached hydrogen (secondary N) is 1. The number of sulfonamides is 1. The van der Waals surface area contributed by atoms with E-state index in [0.29, 0.717) is 23.5 Å². The van der Waals surface area contributed by atoms with Gasteiger partial charge in [0.1, 0.15) is 4.90 Å². The van der Waals surface area contributed by atoms with Gasteiger partial charge < -0.3 is 5.43 Å². The fraction of sp³-hybridized carbons (Fsp3) is 0.583. The zero-order valence-corrected chi connectivity index (χ0v) is 13.7. The van der Waals surface area contributed by atoms with Gasteiger partial charge in [0.05, 0.1) is 0 Å². The number of halogens is 1. The molecule has 0 bridgehead atoms. The Labute approximate surface area is 127 Å². The monoisotopic (exact) mass is 362 g/mol. The lowest BCUT2D eigenvalue weighted by Crippen LogP contribution is -2.38. The van der Waals surface area contributed by atoms with Crippen molar-refractivity contribution in [1.29, 1.82) is 0 Å². The molecule has 8 heteroatoms. The molecular weight excluding hydrogens is 344 g/mol. The average Bonchev–Trinajstić information content (AvgIpc) is 2.47. The van der Waals surface area contributed by atoms with E-state index in [1.807, 2.05) is 0 Å². The van der Waals surface area contributed by atoms with Gasteiger partial charge in [0.25, 0.3) is 0 Å². The highest BCUT2D eigenvalue weighted by Crippen LogP contribution is 2.29. The van der Waals surface area contributed by atoms with E-state index in [9.17, 15) is 8.42 Å². The van der Waals surface area contributed by atoms with Gasteiger partial charge in [0.2, 0.25) is 10.0 Å². The first-order chi connectivity index (χ1) is 9.48. The van der Waals surface area contributed by atoms with E-state index in [2.05, 4.69) is 33.3 Å². The second-order valence-electron chi connectivity index (χ2n) is 4.90. The summed E-state index contributed by atoms with van der Waals surface area (Å²) in [6, 6.07) is 1.53. The molecule has 1 saturated heterocycles. The largest absolute Gasteiger partial charge is 0.307 e. The minimum atomic E-state index is -3.56. The molecule has 0 unspecified atom stereocenters. The van der Waals surface area contributed by atoms with Crippen molar-refractivity contribution in [2.75, 3.05) is 18.5 Å². The summed E-state index contributed by atoms with van der Waals surface area (Å²) in [6.45, 7) is 3.25. The van der Waals surface area contributed by atoms with E-state index in [1.54, 1.807) is 0 Å². The first kappa shape index (κ1) is 15.7. The van der Waals surface area contributed by atoms with Crippen molar-refractivity contribution in [2.45, 2.75) is 31.1 Å². The fourth-order valence-electron chi connectivity index (χ4n) is 2.42. The minimum Gasteiger partial charge on any atom is -0.307 e. The van der Waals surface area contributed by atoms with E-state index >= 15 is 0 Å². The number of rotatable bonds is 4. The molecule has 1 aliphatic rings. The quantitative estimate of drug-likeness (QED) is 0.631. The molecule has 2 heterocycles. The van der Waals surface area contributed by atoms with Crippen molar-refractivity contribution in [3.8, 4) is 0 Å². The molecule has 0 amide bonds. The van der Waals surface area contributed by atoms with Crippen LogP contribution in [0.4, 0.5) is 5.82 Å². The Kier molecular flexibility index (Phi) is 5.00. The molecule has 6 nitrogen and oxygen atoms in total. The highest BCUT2D eigenvalue weighted by molar-refractivity contribution is 9.10. The third kappa shape index (κ3) is 3.13. The second-order valence-corrected chi connectivity index (χ2v) is 7.72. The molecular formula is C12H19BrN4O2S. The van der Waals surface area contributed by atoms with Crippen LogP contribution in [0.5, 0.6) is 0 Å². The number of hydrogen-bond acceptors (Lipinski definition) is 5. The molecule has 1 aliphatic heterocycles. The molecule has 2 rings (SSSR count). The van der Waals surface area contributed by atoms with Gasteiger partial charge in [-0.2, -0.15) is 4.31 Å². The van der Waals surface area contributed by atoms with Gasteiger partial charge in [0.15, 0.2) is 5.82 Å². The molecule has 0 aromatic carbocycles. The molecule has 0 spiro atoms. The third-order valence-electron chi connectivity index (χ3n) is 3.72. The molecule has 0 saturated carbocycles. The molecule has 0 atom stereocenters. The standard InChI is InChI=1S/C12H19BrN4O2S/c1-2-9-3-5-17(6-4-9)20(18,19)11-7-10(13)8-15-12(11)16-14/h7-9H,2-6,14H2,1H3,(H,15,16). The molecule has 0 aliphatic carbocycles. The highest BCUT2D eigenvalue weighted by Gasteiger charge is 2.31. The normalized spacial score (nSPS) is 18.1. The van der Waals surface area contributed by atoms with Gasteiger partial charge >= 0.3 is 0 Å². The zero-order chi connectivity index (χ0) is 14.8. The maximum Gasteiger partial charge on any atom is 0.246 e. The SMILES string of the molecule is CCC1CCN(S(=O)(=O)c2cc(Br)cnc2NN)CC1. The van der Waals surface area contributed by atoms with Gasteiger partial charge in [-0.1, -0.05) is 13.3 Å². The lowest BCUT2D eigenvalue weighted by molar-refractivity contribution is 0.269. The van der Waals surface area contributed by atoms with Crippen LogP contribution in [0.1, 0.15) is 26.2 Å². The predicted octanol–water partition coefficient (Wildman–Crippen LogP) is 1.94. The van der Waals surface area contributed by atoms with Crippen LogP contribution in [-0.4, -0.2) is 30.8 Å². The Morgan fingerprint density at radius 2 is 2.15 bits per heavy atom. The van der Waals surface area contributed by atoms with Gasteiger partial charge in [-0.15, -0.1) is 0 Å². The summed E-state index contributed by atoms with van der Waals surface area (Å²) in [5.74, 6) is 6.15. The number of piperidine rings is 1. The third-order valence-corrected chi connectivity index (χ3v) is 6.07. The van der Waals surface area contributed by atoms with Gasteiger partial charge in [-0.25, -0.2) is 19.2 Å². The van der Waals surface area contributed by atoms with Crippen LogP contribution < -0.4 is 11.3 Å². The van der Waals surface area contributed by atoms with Crippen molar-refractivity contribution in [3.63, 3.8) is 0 Å². The molecule has 1 aromatic rings. The Morgan fingerprint density at radius 3 is 2.70 bits per heavy atom. The molecule has 0 radical (unpaired) electrons. The van der Waals surface area contributed by atoms with Crippen molar-refractivity contribution in [2.24, 2.45) is 11.8 Å². The minimum absolute atomic E-state index is 0.115. The van der Waals surface area contributed by atoms with Crippen molar-refractivity contribution < 1.29 is 8.42 Å². The molecule has 20 heavy (non-hydrogen) atoms. The second kappa shape index (κ2) is 6.38. The number of nitrogen functional groups attached to an aromatic ring is 1. The number of hydrogen-bond donors (Lipinski definition) is 2. The number of nitrogens with two attached hydrogens (primary N) is 1. The number of aromatic nitrogens is 1. The van der Waals surface area contributed by atoms with Crippen LogP contribution in [0.3, 0.4) is 0 Å². The molecule has 112 valence electrons. The Hall–Kier alpha value is -0.700. The Balaban J connectivity index is 2.29. The van der Waals surface area contributed by atoms with Crippen LogP contribution in [-0.2, 0) is 10.0 Å². The van der Waals surface area contributed by atoms with E-state index in [0.717, 1.165) is 19.3 Å².